The van der Waals surface area contributed by atoms with Crippen LogP contribution in [0.1, 0.15) is 44.9 Å². The summed E-state index contributed by atoms with van der Waals surface area (Å²) in [7, 11) is 0. The van der Waals surface area contributed by atoms with E-state index in [2.05, 4.69) is 10.6 Å². The summed E-state index contributed by atoms with van der Waals surface area (Å²) in [5.41, 5.74) is 0.757. The second-order valence-corrected chi connectivity index (χ2v) is 6.72. The molecule has 1 aromatic rings. The summed E-state index contributed by atoms with van der Waals surface area (Å²) in [4.78, 5) is 11.9. The molecule has 0 spiro atoms. The maximum absolute atomic E-state index is 11.9. The second kappa shape index (κ2) is 7.68. The Morgan fingerprint density at radius 1 is 1.13 bits per heavy atom. The number of nitrogens with one attached hydrogen (secondary N) is 2. The molecule has 0 aromatic heterocycles. The van der Waals surface area contributed by atoms with E-state index in [1.54, 1.807) is 0 Å². The van der Waals surface area contributed by atoms with Crippen LogP contribution in [0.25, 0.3) is 0 Å². The first-order valence-electron chi connectivity index (χ1n) is 8.68. The first-order valence-corrected chi connectivity index (χ1v) is 8.68. The Hall–Kier alpha value is -1.75. The van der Waals surface area contributed by atoms with Crippen molar-refractivity contribution in [1.29, 1.82) is 0 Å². The summed E-state index contributed by atoms with van der Waals surface area (Å²) >= 11 is 0. The average Bonchev–Trinajstić information content (AvgIpc) is 3.19. The van der Waals surface area contributed by atoms with Crippen LogP contribution < -0.4 is 15.4 Å². The molecule has 0 saturated heterocycles. The van der Waals surface area contributed by atoms with Gasteiger partial charge in [-0.15, -0.1) is 0 Å². The molecule has 5 nitrogen and oxygen atoms in total. The fourth-order valence-corrected chi connectivity index (χ4v) is 3.46. The molecule has 2 fully saturated rings. The molecule has 0 bridgehead atoms. The molecule has 5 heteroatoms. The molecule has 126 valence electrons. The Morgan fingerprint density at radius 3 is 2.52 bits per heavy atom. The van der Waals surface area contributed by atoms with E-state index in [1.807, 2.05) is 24.3 Å². The monoisotopic (exact) mass is 318 g/mol. The molecule has 3 rings (SSSR count). The molecule has 23 heavy (non-hydrogen) atoms. The largest absolute Gasteiger partial charge is 0.490 e. The molecule has 0 unspecified atom stereocenters. The normalized spacial score (nSPS) is 24.6. The predicted octanol–water partition coefficient (Wildman–Crippen LogP) is 3.29. The number of anilines is 1. The number of benzene rings is 1. The smallest absolute Gasteiger partial charge is 0.319 e. The number of carbonyl (C=O) groups is 1. The standard InChI is InChI=1S/C18H26N2O3/c21-15-8-5-13(11-15)12-19-18(22)20-14-6-9-17(10-7-14)23-16-3-1-2-4-16/h6-7,9-10,13,15-16,21H,1-5,8,11-12H2,(H2,19,20,22)/t13-,15-/m0/s1. The van der Waals surface area contributed by atoms with Crippen LogP contribution in [0.3, 0.4) is 0 Å². The van der Waals surface area contributed by atoms with Gasteiger partial charge in [-0.05, 0) is 75.1 Å². The van der Waals surface area contributed by atoms with Gasteiger partial charge in [0.1, 0.15) is 5.75 Å². The summed E-state index contributed by atoms with van der Waals surface area (Å²) < 4.78 is 5.91. The summed E-state index contributed by atoms with van der Waals surface area (Å²) in [5, 5.41) is 15.2. The summed E-state index contributed by atoms with van der Waals surface area (Å²) in [5.74, 6) is 1.25. The molecule has 2 aliphatic carbocycles. The van der Waals surface area contributed by atoms with Gasteiger partial charge in [0.05, 0.1) is 12.2 Å². The van der Waals surface area contributed by atoms with Gasteiger partial charge in [0.25, 0.3) is 0 Å². The van der Waals surface area contributed by atoms with E-state index in [9.17, 15) is 9.90 Å². The van der Waals surface area contributed by atoms with Crippen molar-refractivity contribution < 1.29 is 14.6 Å². The molecule has 0 aliphatic heterocycles. The predicted molar refractivity (Wildman–Crippen MR) is 89.7 cm³/mol. The minimum atomic E-state index is -0.198. The number of carbonyl (C=O) groups excluding carboxylic acids is 1. The van der Waals surface area contributed by atoms with Gasteiger partial charge >= 0.3 is 6.03 Å². The third kappa shape index (κ3) is 4.86. The number of aliphatic hydroxyl groups is 1. The van der Waals surface area contributed by atoms with Crippen LogP contribution in [0, 0.1) is 5.92 Å². The first-order chi connectivity index (χ1) is 11.2. The summed E-state index contributed by atoms with van der Waals surface area (Å²) in [6, 6.07) is 7.34. The van der Waals surface area contributed by atoms with Crippen LogP contribution in [0.5, 0.6) is 5.75 Å². The van der Waals surface area contributed by atoms with Crippen molar-refractivity contribution in [3.63, 3.8) is 0 Å². The zero-order valence-corrected chi connectivity index (χ0v) is 13.5. The van der Waals surface area contributed by atoms with Crippen LogP contribution >= 0.6 is 0 Å². The second-order valence-electron chi connectivity index (χ2n) is 6.72. The highest BCUT2D eigenvalue weighted by atomic mass is 16.5. The van der Waals surface area contributed by atoms with E-state index >= 15 is 0 Å². The van der Waals surface area contributed by atoms with Crippen LogP contribution in [0.2, 0.25) is 0 Å². The van der Waals surface area contributed by atoms with E-state index in [4.69, 9.17) is 4.74 Å². The molecule has 2 amide bonds. The molecule has 2 aliphatic rings. The van der Waals surface area contributed by atoms with Gasteiger partial charge in [-0.1, -0.05) is 0 Å². The maximum Gasteiger partial charge on any atom is 0.319 e. The molecule has 0 heterocycles. The minimum absolute atomic E-state index is 0.197. The number of ether oxygens (including phenoxy) is 1. The van der Waals surface area contributed by atoms with Crippen molar-refractivity contribution in [2.75, 3.05) is 11.9 Å². The molecule has 2 atom stereocenters. The highest BCUT2D eigenvalue weighted by molar-refractivity contribution is 5.89. The highest BCUT2D eigenvalue weighted by Gasteiger charge is 2.23. The van der Waals surface area contributed by atoms with Crippen molar-refractivity contribution >= 4 is 11.7 Å². The Bertz CT molecular complexity index is 512. The van der Waals surface area contributed by atoms with Gasteiger partial charge in [0.2, 0.25) is 0 Å². The number of hydrogen-bond acceptors (Lipinski definition) is 3. The Morgan fingerprint density at radius 2 is 1.87 bits per heavy atom. The lowest BCUT2D eigenvalue weighted by Crippen LogP contribution is -2.32. The van der Waals surface area contributed by atoms with E-state index in [1.165, 1.54) is 12.8 Å². The fourth-order valence-electron chi connectivity index (χ4n) is 3.46. The lowest BCUT2D eigenvalue weighted by atomic mass is 10.1. The third-order valence-electron chi connectivity index (χ3n) is 4.78. The quantitative estimate of drug-likeness (QED) is 0.780. The van der Waals surface area contributed by atoms with Gasteiger partial charge in [0.15, 0.2) is 0 Å². The minimum Gasteiger partial charge on any atom is -0.490 e. The summed E-state index contributed by atoms with van der Waals surface area (Å²) in [6.07, 6.45) is 7.54. The van der Waals surface area contributed by atoms with E-state index in [0.717, 1.165) is 43.5 Å². The Balaban J connectivity index is 1.41. The molecule has 1 aromatic carbocycles. The SMILES string of the molecule is O=C(NC[C@H]1CC[C@H](O)C1)Nc1ccc(OC2CCCC2)cc1. The zero-order valence-electron chi connectivity index (χ0n) is 13.5. The van der Waals surface area contributed by atoms with Crippen molar-refractivity contribution in [3.05, 3.63) is 24.3 Å². The number of aliphatic hydroxyl groups excluding tert-OH is 1. The van der Waals surface area contributed by atoms with Crippen molar-refractivity contribution in [2.45, 2.75) is 57.2 Å². The van der Waals surface area contributed by atoms with Crippen molar-refractivity contribution in [2.24, 2.45) is 5.92 Å². The average molecular weight is 318 g/mol. The van der Waals surface area contributed by atoms with Gasteiger partial charge < -0.3 is 20.5 Å². The van der Waals surface area contributed by atoms with Crippen LogP contribution in [-0.4, -0.2) is 29.9 Å². The number of hydrogen-bond donors (Lipinski definition) is 3. The topological polar surface area (TPSA) is 70.6 Å². The van der Waals surface area contributed by atoms with Gasteiger partial charge in [0, 0.05) is 12.2 Å². The molecule has 2 saturated carbocycles. The lowest BCUT2D eigenvalue weighted by Gasteiger charge is -2.14. The number of urea groups is 1. The summed E-state index contributed by atoms with van der Waals surface area (Å²) in [6.45, 7) is 0.617. The maximum atomic E-state index is 11.9. The van der Waals surface area contributed by atoms with Gasteiger partial charge in [-0.3, -0.25) is 0 Å². The van der Waals surface area contributed by atoms with Crippen LogP contribution in [0.15, 0.2) is 24.3 Å². The zero-order chi connectivity index (χ0) is 16.1. The number of rotatable bonds is 5. The van der Waals surface area contributed by atoms with Crippen molar-refractivity contribution in [1.82, 2.24) is 5.32 Å². The van der Waals surface area contributed by atoms with Gasteiger partial charge in [-0.25, -0.2) is 4.79 Å². The van der Waals surface area contributed by atoms with Crippen LogP contribution in [-0.2, 0) is 0 Å². The fraction of sp³-hybridized carbons (Fsp3) is 0.611. The molecular weight excluding hydrogens is 292 g/mol. The van der Waals surface area contributed by atoms with Crippen molar-refractivity contribution in [3.8, 4) is 5.75 Å². The third-order valence-corrected chi connectivity index (χ3v) is 4.78. The Kier molecular flexibility index (Phi) is 5.39. The van der Waals surface area contributed by atoms with Gasteiger partial charge in [-0.2, -0.15) is 0 Å². The lowest BCUT2D eigenvalue weighted by molar-refractivity contribution is 0.177. The highest BCUT2D eigenvalue weighted by Crippen LogP contribution is 2.25. The molecular formula is C18H26N2O3. The molecule has 3 N–H and O–H groups in total. The van der Waals surface area contributed by atoms with E-state index < -0.39 is 0 Å². The number of amides is 2. The first kappa shape index (κ1) is 16.1. The Labute approximate surface area is 137 Å². The molecule has 0 radical (unpaired) electrons. The van der Waals surface area contributed by atoms with E-state index in [-0.39, 0.29) is 12.1 Å². The van der Waals surface area contributed by atoms with E-state index in [0.29, 0.717) is 18.6 Å². The van der Waals surface area contributed by atoms with Crippen LogP contribution in [0.4, 0.5) is 10.5 Å².